The van der Waals surface area contributed by atoms with Crippen LogP contribution in [0.2, 0.25) is 0 Å². The molecule has 1 N–H and O–H groups in total. The first-order valence-corrected chi connectivity index (χ1v) is 5.20. The number of hydrogen-bond acceptors (Lipinski definition) is 3. The third-order valence-electron chi connectivity index (χ3n) is 2.12. The minimum Gasteiger partial charge on any atom is -0.488 e. The summed E-state index contributed by atoms with van der Waals surface area (Å²) in [6, 6.07) is 0. The molecule has 0 aromatic carbocycles. The van der Waals surface area contributed by atoms with Gasteiger partial charge >= 0.3 is 0 Å². The number of thiophene rings is 1. The van der Waals surface area contributed by atoms with E-state index in [1.54, 1.807) is 11.3 Å². The first kappa shape index (κ1) is 8.08. The molecule has 3 heteroatoms. The summed E-state index contributed by atoms with van der Waals surface area (Å²) in [4.78, 5) is 0. The quantitative estimate of drug-likeness (QED) is 0.755. The van der Waals surface area contributed by atoms with E-state index in [-0.39, 0.29) is 0 Å². The molecule has 12 heavy (non-hydrogen) atoms. The Hall–Kier alpha value is -0.540. The summed E-state index contributed by atoms with van der Waals surface area (Å²) in [5.41, 5.74) is 1.26. The van der Waals surface area contributed by atoms with Crippen LogP contribution in [0.1, 0.15) is 12.0 Å². The van der Waals surface area contributed by atoms with Crippen molar-refractivity contribution in [2.45, 2.75) is 19.4 Å². The minimum atomic E-state index is 0.387. The molecule has 1 saturated heterocycles. The summed E-state index contributed by atoms with van der Waals surface area (Å²) in [7, 11) is 0. The van der Waals surface area contributed by atoms with Gasteiger partial charge in [-0.15, -0.1) is 11.3 Å². The highest BCUT2D eigenvalue weighted by Gasteiger charge is 2.16. The average Bonchev–Trinajstić information content (AvgIpc) is 2.65. The van der Waals surface area contributed by atoms with Gasteiger partial charge in [0.25, 0.3) is 0 Å². The molecule has 1 unspecified atom stereocenters. The fraction of sp³-hybridized carbons (Fsp3) is 0.556. The lowest BCUT2D eigenvalue weighted by molar-refractivity contribution is 0.222. The summed E-state index contributed by atoms with van der Waals surface area (Å²) >= 11 is 1.70. The van der Waals surface area contributed by atoms with E-state index >= 15 is 0 Å². The van der Waals surface area contributed by atoms with Gasteiger partial charge in [-0.2, -0.15) is 0 Å². The Morgan fingerprint density at radius 1 is 1.58 bits per heavy atom. The Morgan fingerprint density at radius 2 is 2.50 bits per heavy atom. The van der Waals surface area contributed by atoms with Crippen molar-refractivity contribution in [1.29, 1.82) is 0 Å². The van der Waals surface area contributed by atoms with Crippen molar-refractivity contribution < 1.29 is 4.74 Å². The van der Waals surface area contributed by atoms with Crippen LogP contribution in [0.25, 0.3) is 0 Å². The average molecular weight is 183 g/mol. The highest BCUT2D eigenvalue weighted by molar-refractivity contribution is 7.08. The first-order valence-electron chi connectivity index (χ1n) is 4.26. The normalized spacial score (nSPS) is 22.9. The van der Waals surface area contributed by atoms with Crippen LogP contribution in [-0.2, 0) is 0 Å². The molecule has 1 fully saturated rings. The second-order valence-corrected chi connectivity index (χ2v) is 3.90. The summed E-state index contributed by atoms with van der Waals surface area (Å²) in [5, 5.41) is 7.48. The molecule has 1 aromatic heterocycles. The van der Waals surface area contributed by atoms with Gasteiger partial charge in [0.2, 0.25) is 0 Å². The second kappa shape index (κ2) is 3.46. The molecule has 0 radical (unpaired) electrons. The standard InChI is InChI=1S/C9H13NOS/c1-7-5-12-6-9(7)11-8-2-3-10-4-8/h5-6,8,10H,2-4H2,1H3. The van der Waals surface area contributed by atoms with Crippen LogP contribution < -0.4 is 10.1 Å². The van der Waals surface area contributed by atoms with Gasteiger partial charge in [0.1, 0.15) is 11.9 Å². The topological polar surface area (TPSA) is 21.3 Å². The highest BCUT2D eigenvalue weighted by Crippen LogP contribution is 2.24. The maximum absolute atomic E-state index is 5.79. The summed E-state index contributed by atoms with van der Waals surface area (Å²) in [6.45, 7) is 4.18. The first-order chi connectivity index (χ1) is 5.86. The van der Waals surface area contributed by atoms with Crippen LogP contribution in [0.3, 0.4) is 0 Å². The number of nitrogens with one attached hydrogen (secondary N) is 1. The molecule has 0 spiro atoms. The number of ether oxygens (including phenoxy) is 1. The Labute approximate surface area is 76.6 Å². The van der Waals surface area contributed by atoms with Crippen molar-refractivity contribution in [2.75, 3.05) is 13.1 Å². The van der Waals surface area contributed by atoms with Gasteiger partial charge in [0.05, 0.1) is 0 Å². The third-order valence-corrected chi connectivity index (χ3v) is 2.96. The Bertz CT molecular complexity index is 253. The smallest absolute Gasteiger partial charge is 0.133 e. The van der Waals surface area contributed by atoms with Gasteiger partial charge in [-0.25, -0.2) is 0 Å². The fourth-order valence-corrected chi connectivity index (χ4v) is 2.13. The van der Waals surface area contributed by atoms with E-state index in [2.05, 4.69) is 23.0 Å². The van der Waals surface area contributed by atoms with Crippen LogP contribution in [0.15, 0.2) is 10.8 Å². The van der Waals surface area contributed by atoms with Gasteiger partial charge in [0, 0.05) is 17.5 Å². The van der Waals surface area contributed by atoms with Gasteiger partial charge in [0.15, 0.2) is 0 Å². The van der Waals surface area contributed by atoms with E-state index in [0.29, 0.717) is 6.10 Å². The predicted octanol–water partition coefficient (Wildman–Crippen LogP) is 1.80. The monoisotopic (exact) mass is 183 g/mol. The predicted molar refractivity (Wildman–Crippen MR) is 51.0 cm³/mol. The molecule has 1 aliphatic rings. The van der Waals surface area contributed by atoms with Crippen LogP contribution in [0, 0.1) is 6.92 Å². The molecule has 0 bridgehead atoms. The fourth-order valence-electron chi connectivity index (χ4n) is 1.38. The molecule has 0 saturated carbocycles. The van der Waals surface area contributed by atoms with Gasteiger partial charge in [-0.3, -0.25) is 0 Å². The van der Waals surface area contributed by atoms with Gasteiger partial charge in [-0.05, 0) is 25.3 Å². The SMILES string of the molecule is Cc1cscc1OC1CCNC1. The van der Waals surface area contributed by atoms with Crippen molar-refractivity contribution in [3.63, 3.8) is 0 Å². The molecule has 2 rings (SSSR count). The molecule has 1 aliphatic heterocycles. The van der Waals surface area contributed by atoms with Crippen molar-refractivity contribution >= 4 is 11.3 Å². The number of rotatable bonds is 2. The summed E-state index contributed by atoms with van der Waals surface area (Å²) in [5.74, 6) is 1.06. The molecule has 2 nitrogen and oxygen atoms in total. The van der Waals surface area contributed by atoms with E-state index in [9.17, 15) is 0 Å². The van der Waals surface area contributed by atoms with Crippen molar-refractivity contribution in [3.8, 4) is 5.75 Å². The zero-order valence-electron chi connectivity index (χ0n) is 7.17. The molecular formula is C9H13NOS. The maximum atomic E-state index is 5.79. The van der Waals surface area contributed by atoms with Gasteiger partial charge < -0.3 is 10.1 Å². The minimum absolute atomic E-state index is 0.387. The number of aryl methyl sites for hydroxylation is 1. The van der Waals surface area contributed by atoms with E-state index in [1.807, 2.05) is 0 Å². The molecule has 1 atom stereocenters. The van der Waals surface area contributed by atoms with E-state index < -0.39 is 0 Å². The zero-order chi connectivity index (χ0) is 8.39. The molecule has 66 valence electrons. The lowest BCUT2D eigenvalue weighted by Crippen LogP contribution is -2.19. The Morgan fingerprint density at radius 3 is 3.08 bits per heavy atom. The Kier molecular flexibility index (Phi) is 2.33. The zero-order valence-corrected chi connectivity index (χ0v) is 7.99. The van der Waals surface area contributed by atoms with Crippen LogP contribution in [-0.4, -0.2) is 19.2 Å². The summed E-state index contributed by atoms with van der Waals surface area (Å²) < 4.78 is 5.79. The largest absolute Gasteiger partial charge is 0.488 e. The summed E-state index contributed by atoms with van der Waals surface area (Å²) in [6.07, 6.45) is 1.52. The highest BCUT2D eigenvalue weighted by atomic mass is 32.1. The van der Waals surface area contributed by atoms with Crippen molar-refractivity contribution in [3.05, 3.63) is 16.3 Å². The molecule has 1 aromatic rings. The van der Waals surface area contributed by atoms with Crippen LogP contribution in [0.4, 0.5) is 0 Å². The van der Waals surface area contributed by atoms with E-state index in [0.717, 1.165) is 25.3 Å². The van der Waals surface area contributed by atoms with E-state index in [1.165, 1.54) is 5.56 Å². The molecule has 0 aliphatic carbocycles. The van der Waals surface area contributed by atoms with Gasteiger partial charge in [-0.1, -0.05) is 0 Å². The van der Waals surface area contributed by atoms with E-state index in [4.69, 9.17) is 4.74 Å². The van der Waals surface area contributed by atoms with Crippen LogP contribution >= 0.6 is 11.3 Å². The maximum Gasteiger partial charge on any atom is 0.133 e. The van der Waals surface area contributed by atoms with Crippen molar-refractivity contribution in [1.82, 2.24) is 5.32 Å². The van der Waals surface area contributed by atoms with Crippen molar-refractivity contribution in [2.24, 2.45) is 0 Å². The Balaban J connectivity index is 1.98. The second-order valence-electron chi connectivity index (χ2n) is 3.15. The van der Waals surface area contributed by atoms with Crippen LogP contribution in [0.5, 0.6) is 5.75 Å². The molecular weight excluding hydrogens is 170 g/mol. The third kappa shape index (κ3) is 1.62. The molecule has 0 amide bonds. The number of hydrogen-bond donors (Lipinski definition) is 1. The lowest BCUT2D eigenvalue weighted by atomic mass is 10.3. The lowest BCUT2D eigenvalue weighted by Gasteiger charge is -2.11. The molecule has 2 heterocycles.